The Balaban J connectivity index is 1.45. The van der Waals surface area contributed by atoms with Crippen LogP contribution in [0.15, 0.2) is 48.5 Å². The highest BCUT2D eigenvalue weighted by atomic mass is 19.4. The lowest BCUT2D eigenvalue weighted by molar-refractivity contribution is -0.137. The third kappa shape index (κ3) is 5.25. The van der Waals surface area contributed by atoms with Gasteiger partial charge in [-0.2, -0.15) is 13.2 Å². The summed E-state index contributed by atoms with van der Waals surface area (Å²) in [5, 5.41) is 2.69. The van der Waals surface area contributed by atoms with Gasteiger partial charge in [-0.1, -0.05) is 18.2 Å². The number of nitrogens with zero attached hydrogens (tertiary/aromatic N) is 1. The highest BCUT2D eigenvalue weighted by molar-refractivity contribution is 5.94. The summed E-state index contributed by atoms with van der Waals surface area (Å²) >= 11 is 0. The molecule has 1 saturated heterocycles. The predicted molar refractivity (Wildman–Crippen MR) is 100.0 cm³/mol. The number of nitrogens with one attached hydrogen (secondary N) is 1. The van der Waals surface area contributed by atoms with Gasteiger partial charge in [-0.3, -0.25) is 4.79 Å². The lowest BCUT2D eigenvalue weighted by Crippen LogP contribution is -2.25. The zero-order valence-electron chi connectivity index (χ0n) is 15.1. The van der Waals surface area contributed by atoms with Crippen LogP contribution in [0.4, 0.5) is 18.9 Å². The maximum Gasteiger partial charge on any atom is 0.416 e. The summed E-state index contributed by atoms with van der Waals surface area (Å²) in [5.74, 6) is -0.481. The molecular weight excluding hydrogens is 353 g/mol. The van der Waals surface area contributed by atoms with E-state index in [0.29, 0.717) is 6.54 Å². The minimum Gasteiger partial charge on any atom is -0.372 e. The van der Waals surface area contributed by atoms with Crippen LogP contribution < -0.4 is 10.2 Å². The van der Waals surface area contributed by atoms with Gasteiger partial charge in [-0.15, -0.1) is 0 Å². The predicted octanol–water partition coefficient (Wildman–Crippen LogP) is 4.67. The van der Waals surface area contributed by atoms with Crippen molar-refractivity contribution < 1.29 is 18.0 Å². The van der Waals surface area contributed by atoms with Crippen LogP contribution in [0.3, 0.4) is 0 Å². The molecule has 1 heterocycles. The molecule has 0 unspecified atom stereocenters. The largest absolute Gasteiger partial charge is 0.416 e. The van der Waals surface area contributed by atoms with E-state index in [1.807, 2.05) is 0 Å². The van der Waals surface area contributed by atoms with Gasteiger partial charge in [0.1, 0.15) is 0 Å². The van der Waals surface area contributed by atoms with Crippen molar-refractivity contribution in [3.63, 3.8) is 0 Å². The molecule has 1 aliphatic rings. The summed E-state index contributed by atoms with van der Waals surface area (Å²) in [7, 11) is 0. The zero-order valence-corrected chi connectivity index (χ0v) is 15.1. The lowest BCUT2D eigenvalue weighted by Gasteiger charge is -2.17. The molecule has 0 radical (unpaired) electrons. The first kappa shape index (κ1) is 19.3. The molecule has 1 fully saturated rings. The molecule has 144 valence electrons. The normalized spacial score (nSPS) is 14.4. The van der Waals surface area contributed by atoms with Crippen molar-refractivity contribution >= 4 is 11.6 Å². The third-order valence-electron chi connectivity index (χ3n) is 4.79. The van der Waals surface area contributed by atoms with Gasteiger partial charge in [0.25, 0.3) is 5.91 Å². The van der Waals surface area contributed by atoms with Crippen molar-refractivity contribution in [2.24, 2.45) is 0 Å². The van der Waals surface area contributed by atoms with Gasteiger partial charge in [0, 0.05) is 30.9 Å². The Labute approximate surface area is 157 Å². The zero-order chi connectivity index (χ0) is 19.3. The number of alkyl halides is 3. The van der Waals surface area contributed by atoms with Crippen LogP contribution in [-0.2, 0) is 12.6 Å². The molecule has 3 nitrogen and oxygen atoms in total. The fourth-order valence-corrected chi connectivity index (χ4v) is 3.28. The Morgan fingerprint density at radius 3 is 2.41 bits per heavy atom. The summed E-state index contributed by atoms with van der Waals surface area (Å²) in [5.41, 5.74) is 1.65. The Kier molecular flexibility index (Phi) is 6.04. The molecule has 27 heavy (non-hydrogen) atoms. The number of carbonyl (C=O) groups excluding carboxylic acids is 1. The number of hydrogen-bond acceptors (Lipinski definition) is 2. The van der Waals surface area contributed by atoms with Crippen molar-refractivity contribution in [2.75, 3.05) is 24.5 Å². The molecule has 0 saturated carbocycles. The first-order valence-corrected chi connectivity index (χ1v) is 9.23. The van der Waals surface area contributed by atoms with E-state index >= 15 is 0 Å². The van der Waals surface area contributed by atoms with Crippen molar-refractivity contribution in [2.45, 2.75) is 31.9 Å². The van der Waals surface area contributed by atoms with Gasteiger partial charge < -0.3 is 10.2 Å². The SMILES string of the molecule is O=C(NCCCc1ccc(N2CCCC2)cc1)c1cccc(C(F)(F)F)c1. The van der Waals surface area contributed by atoms with E-state index in [4.69, 9.17) is 0 Å². The van der Waals surface area contributed by atoms with Gasteiger partial charge in [0.2, 0.25) is 0 Å². The molecule has 1 aliphatic heterocycles. The van der Waals surface area contributed by atoms with Crippen LogP contribution in [0, 0.1) is 0 Å². The van der Waals surface area contributed by atoms with Crippen LogP contribution in [0.2, 0.25) is 0 Å². The van der Waals surface area contributed by atoms with Crippen molar-refractivity contribution in [3.05, 3.63) is 65.2 Å². The molecule has 3 rings (SSSR count). The van der Waals surface area contributed by atoms with Crippen LogP contribution >= 0.6 is 0 Å². The first-order valence-electron chi connectivity index (χ1n) is 9.23. The van der Waals surface area contributed by atoms with Crippen molar-refractivity contribution in [1.82, 2.24) is 5.32 Å². The van der Waals surface area contributed by atoms with Gasteiger partial charge in [0.15, 0.2) is 0 Å². The van der Waals surface area contributed by atoms with Crippen LogP contribution in [0.5, 0.6) is 0 Å². The minimum absolute atomic E-state index is 0.0276. The van der Waals surface area contributed by atoms with E-state index < -0.39 is 17.6 Å². The second kappa shape index (κ2) is 8.46. The second-order valence-electron chi connectivity index (χ2n) is 6.80. The Morgan fingerprint density at radius 1 is 1.04 bits per heavy atom. The molecule has 0 spiro atoms. The average molecular weight is 376 g/mol. The van der Waals surface area contributed by atoms with E-state index in [1.165, 1.54) is 36.2 Å². The monoisotopic (exact) mass is 376 g/mol. The average Bonchev–Trinajstić information content (AvgIpc) is 3.20. The van der Waals surface area contributed by atoms with Crippen LogP contribution in [0.1, 0.15) is 40.7 Å². The summed E-state index contributed by atoms with van der Waals surface area (Å²) in [6, 6.07) is 12.9. The number of anilines is 1. The standard InChI is InChI=1S/C21H23F3N2O/c22-21(23,24)18-7-3-6-17(15-18)20(27)25-12-4-5-16-8-10-19(11-9-16)26-13-1-2-14-26/h3,6-11,15H,1-2,4-5,12-14H2,(H,25,27). The second-order valence-corrected chi connectivity index (χ2v) is 6.80. The summed E-state index contributed by atoms with van der Waals surface area (Å²) in [6.07, 6.45) is -0.422. The Hall–Kier alpha value is -2.50. The molecule has 2 aromatic rings. The van der Waals surface area contributed by atoms with Gasteiger partial charge in [-0.05, 0) is 61.6 Å². The van der Waals surface area contributed by atoms with Crippen LogP contribution in [0.25, 0.3) is 0 Å². The van der Waals surface area contributed by atoms with Crippen molar-refractivity contribution in [3.8, 4) is 0 Å². The van der Waals surface area contributed by atoms with Crippen molar-refractivity contribution in [1.29, 1.82) is 0 Å². The molecule has 0 bridgehead atoms. The highest BCUT2D eigenvalue weighted by Gasteiger charge is 2.30. The summed E-state index contributed by atoms with van der Waals surface area (Å²) < 4.78 is 38.2. The maximum atomic E-state index is 12.7. The highest BCUT2D eigenvalue weighted by Crippen LogP contribution is 2.29. The number of halogens is 3. The van der Waals surface area contributed by atoms with Gasteiger partial charge in [0.05, 0.1) is 5.56 Å². The quantitative estimate of drug-likeness (QED) is 0.743. The number of rotatable bonds is 6. The molecule has 2 aromatic carbocycles. The first-order chi connectivity index (χ1) is 12.9. The van der Waals surface area contributed by atoms with E-state index in [-0.39, 0.29) is 5.56 Å². The summed E-state index contributed by atoms with van der Waals surface area (Å²) in [6.45, 7) is 2.64. The Morgan fingerprint density at radius 2 is 1.74 bits per heavy atom. The molecule has 0 aliphatic carbocycles. The molecule has 0 atom stereocenters. The molecule has 0 aromatic heterocycles. The maximum absolute atomic E-state index is 12.7. The lowest BCUT2D eigenvalue weighted by atomic mass is 10.1. The van der Waals surface area contributed by atoms with Gasteiger partial charge >= 0.3 is 6.18 Å². The number of amides is 1. The number of carbonyl (C=O) groups is 1. The number of aryl methyl sites for hydroxylation is 1. The number of benzene rings is 2. The fourth-order valence-electron chi connectivity index (χ4n) is 3.28. The summed E-state index contributed by atoms with van der Waals surface area (Å²) in [4.78, 5) is 14.4. The fraction of sp³-hybridized carbons (Fsp3) is 0.381. The molecule has 6 heteroatoms. The third-order valence-corrected chi connectivity index (χ3v) is 4.79. The molecular formula is C21H23F3N2O. The molecule has 1 N–H and O–H groups in total. The Bertz CT molecular complexity index is 766. The smallest absolute Gasteiger partial charge is 0.372 e. The van der Waals surface area contributed by atoms with E-state index in [0.717, 1.165) is 38.1 Å². The van der Waals surface area contributed by atoms with Crippen LogP contribution in [-0.4, -0.2) is 25.5 Å². The topological polar surface area (TPSA) is 32.3 Å². The van der Waals surface area contributed by atoms with E-state index in [1.54, 1.807) is 0 Å². The van der Waals surface area contributed by atoms with E-state index in [9.17, 15) is 18.0 Å². The van der Waals surface area contributed by atoms with Gasteiger partial charge in [-0.25, -0.2) is 0 Å². The minimum atomic E-state index is -4.45. The van der Waals surface area contributed by atoms with E-state index in [2.05, 4.69) is 34.5 Å². The number of hydrogen-bond donors (Lipinski definition) is 1. The molecule has 1 amide bonds.